The predicted molar refractivity (Wildman–Crippen MR) is 88.8 cm³/mol. The maximum absolute atomic E-state index is 14.2. The van der Waals surface area contributed by atoms with Gasteiger partial charge in [0.2, 0.25) is 5.95 Å². The van der Waals surface area contributed by atoms with E-state index in [4.69, 9.17) is 4.74 Å². The molecule has 2 aromatic rings. The van der Waals surface area contributed by atoms with Crippen LogP contribution in [-0.4, -0.2) is 57.7 Å². The molecule has 134 valence electrons. The second-order valence-corrected chi connectivity index (χ2v) is 6.22. The van der Waals surface area contributed by atoms with Gasteiger partial charge in [0.1, 0.15) is 0 Å². The average molecular weight is 348 g/mol. The molecule has 4 heterocycles. The molecule has 8 nitrogen and oxygen atoms in total. The minimum Gasteiger partial charge on any atom is -0.390 e. The van der Waals surface area contributed by atoms with Gasteiger partial charge in [0.05, 0.1) is 44.0 Å². The van der Waals surface area contributed by atoms with E-state index in [1.165, 1.54) is 6.20 Å². The van der Waals surface area contributed by atoms with Crippen LogP contribution in [0.5, 0.6) is 0 Å². The second-order valence-electron chi connectivity index (χ2n) is 6.22. The Hall–Kier alpha value is -2.26. The van der Waals surface area contributed by atoms with E-state index in [0.717, 1.165) is 25.2 Å². The van der Waals surface area contributed by atoms with Crippen LogP contribution in [0.3, 0.4) is 0 Å². The summed E-state index contributed by atoms with van der Waals surface area (Å²) in [5.41, 5.74) is 1.66. The third kappa shape index (κ3) is 3.29. The van der Waals surface area contributed by atoms with E-state index >= 15 is 0 Å². The predicted octanol–water partition coefficient (Wildman–Crippen LogP) is 0.551. The highest BCUT2D eigenvalue weighted by Gasteiger charge is 2.22. The molecular formula is C16H21FN6O2. The molecule has 25 heavy (non-hydrogen) atoms. The number of ether oxygens (including phenoxy) is 1. The summed E-state index contributed by atoms with van der Waals surface area (Å²) in [4.78, 5) is 12.6. The molecule has 0 bridgehead atoms. The Morgan fingerprint density at radius 1 is 1.16 bits per heavy atom. The Balaban J connectivity index is 1.60. The normalized spacial score (nSPS) is 18.2. The monoisotopic (exact) mass is 348 g/mol. The fourth-order valence-corrected chi connectivity index (χ4v) is 3.27. The molecule has 0 aromatic carbocycles. The Kier molecular flexibility index (Phi) is 4.50. The Morgan fingerprint density at radius 3 is 2.80 bits per heavy atom. The molecule has 2 aromatic heterocycles. The quantitative estimate of drug-likeness (QED) is 0.868. The van der Waals surface area contributed by atoms with Crippen LogP contribution < -0.4 is 9.80 Å². The summed E-state index contributed by atoms with van der Waals surface area (Å²) in [7, 11) is 0. The van der Waals surface area contributed by atoms with Crippen molar-refractivity contribution in [3.8, 4) is 0 Å². The average Bonchev–Trinajstić information content (AvgIpc) is 2.93. The zero-order valence-corrected chi connectivity index (χ0v) is 13.9. The summed E-state index contributed by atoms with van der Waals surface area (Å²) in [6, 6.07) is 1.89. The van der Waals surface area contributed by atoms with Crippen LogP contribution in [0.1, 0.15) is 17.8 Å². The van der Waals surface area contributed by atoms with E-state index in [-0.39, 0.29) is 6.61 Å². The van der Waals surface area contributed by atoms with Gasteiger partial charge in [-0.2, -0.15) is 10.1 Å². The first-order chi connectivity index (χ1) is 12.2. The van der Waals surface area contributed by atoms with Crippen molar-refractivity contribution in [1.29, 1.82) is 0 Å². The van der Waals surface area contributed by atoms with Gasteiger partial charge in [-0.15, -0.1) is 0 Å². The lowest BCUT2D eigenvalue weighted by Crippen LogP contribution is -2.38. The van der Waals surface area contributed by atoms with Gasteiger partial charge in [-0.25, -0.2) is 9.37 Å². The van der Waals surface area contributed by atoms with Crippen molar-refractivity contribution in [3.63, 3.8) is 0 Å². The van der Waals surface area contributed by atoms with Crippen molar-refractivity contribution >= 4 is 11.8 Å². The summed E-state index contributed by atoms with van der Waals surface area (Å²) in [5.74, 6) is 0.443. The number of rotatable bonds is 3. The largest absolute Gasteiger partial charge is 0.390 e. The number of hydrogen-bond acceptors (Lipinski definition) is 7. The zero-order chi connectivity index (χ0) is 17.2. The number of aryl methyl sites for hydroxylation is 1. The van der Waals surface area contributed by atoms with Crippen LogP contribution in [0.25, 0.3) is 0 Å². The SMILES string of the molecule is OCc1cc2n(n1)CCCN(c1ncc(F)c(N3CCOCC3)n1)C2. The zero-order valence-electron chi connectivity index (χ0n) is 13.9. The lowest BCUT2D eigenvalue weighted by molar-refractivity contribution is 0.122. The molecule has 1 fully saturated rings. The molecule has 1 N–H and O–H groups in total. The molecule has 0 spiro atoms. The van der Waals surface area contributed by atoms with Crippen molar-refractivity contribution < 1.29 is 14.2 Å². The number of anilines is 2. The fraction of sp³-hybridized carbons (Fsp3) is 0.562. The third-order valence-electron chi connectivity index (χ3n) is 4.53. The smallest absolute Gasteiger partial charge is 0.227 e. The first-order valence-corrected chi connectivity index (χ1v) is 8.51. The van der Waals surface area contributed by atoms with Crippen LogP contribution in [-0.2, 0) is 24.4 Å². The number of hydrogen-bond donors (Lipinski definition) is 1. The molecule has 2 aliphatic rings. The molecule has 2 aliphatic heterocycles. The third-order valence-corrected chi connectivity index (χ3v) is 4.53. The fourth-order valence-electron chi connectivity index (χ4n) is 3.27. The van der Waals surface area contributed by atoms with E-state index < -0.39 is 5.82 Å². The molecule has 0 aliphatic carbocycles. The summed E-state index contributed by atoms with van der Waals surface area (Å²) in [5, 5.41) is 13.7. The summed E-state index contributed by atoms with van der Waals surface area (Å²) >= 11 is 0. The van der Waals surface area contributed by atoms with Crippen molar-refractivity contribution in [3.05, 3.63) is 29.5 Å². The van der Waals surface area contributed by atoms with Crippen molar-refractivity contribution in [2.75, 3.05) is 42.6 Å². The Morgan fingerprint density at radius 2 is 2.00 bits per heavy atom. The molecule has 1 saturated heterocycles. The van der Waals surface area contributed by atoms with Gasteiger partial charge in [0, 0.05) is 26.2 Å². The van der Waals surface area contributed by atoms with E-state index in [0.29, 0.717) is 50.3 Å². The highest BCUT2D eigenvalue weighted by molar-refractivity contribution is 5.45. The maximum atomic E-state index is 14.2. The molecule has 0 amide bonds. The van der Waals surface area contributed by atoms with Crippen molar-refractivity contribution in [2.24, 2.45) is 0 Å². The lowest BCUT2D eigenvalue weighted by atomic mass is 10.3. The van der Waals surface area contributed by atoms with E-state index in [9.17, 15) is 9.50 Å². The summed E-state index contributed by atoms with van der Waals surface area (Å²) < 4.78 is 21.5. The molecule has 0 unspecified atom stereocenters. The van der Waals surface area contributed by atoms with Gasteiger partial charge in [0.25, 0.3) is 0 Å². The van der Waals surface area contributed by atoms with E-state index in [1.54, 1.807) is 0 Å². The summed E-state index contributed by atoms with van der Waals surface area (Å²) in [6.45, 7) is 4.46. The standard InChI is InChI=1S/C16H21FN6O2/c17-14-9-18-16(19-15(14)21-4-6-25-7-5-21)22-2-1-3-23-13(10-22)8-12(11-24)20-23/h8-9,24H,1-7,10-11H2. The highest BCUT2D eigenvalue weighted by atomic mass is 19.1. The number of nitrogens with zero attached hydrogens (tertiary/aromatic N) is 6. The number of fused-ring (bicyclic) bond motifs is 1. The van der Waals surface area contributed by atoms with Gasteiger partial charge in [0.15, 0.2) is 11.6 Å². The maximum Gasteiger partial charge on any atom is 0.227 e. The van der Waals surface area contributed by atoms with Gasteiger partial charge < -0.3 is 19.6 Å². The van der Waals surface area contributed by atoms with Crippen LogP contribution in [0.15, 0.2) is 12.3 Å². The molecular weight excluding hydrogens is 327 g/mol. The molecule has 0 saturated carbocycles. The second kappa shape index (κ2) is 6.93. The van der Waals surface area contributed by atoms with Gasteiger partial charge in [-0.3, -0.25) is 4.68 Å². The first kappa shape index (κ1) is 16.2. The minimum atomic E-state index is -0.409. The Labute approximate surface area is 144 Å². The van der Waals surface area contributed by atoms with Crippen LogP contribution in [0.4, 0.5) is 16.2 Å². The molecule has 9 heteroatoms. The van der Waals surface area contributed by atoms with Crippen LogP contribution in [0, 0.1) is 5.82 Å². The number of aromatic nitrogens is 4. The minimum absolute atomic E-state index is 0.0752. The van der Waals surface area contributed by atoms with E-state index in [1.807, 2.05) is 20.5 Å². The highest BCUT2D eigenvalue weighted by Crippen LogP contribution is 2.23. The van der Waals surface area contributed by atoms with E-state index in [2.05, 4.69) is 15.1 Å². The summed E-state index contributed by atoms with van der Waals surface area (Å²) in [6.07, 6.45) is 2.13. The first-order valence-electron chi connectivity index (χ1n) is 8.51. The van der Waals surface area contributed by atoms with Crippen molar-refractivity contribution in [2.45, 2.75) is 26.1 Å². The topological polar surface area (TPSA) is 79.5 Å². The van der Waals surface area contributed by atoms with Gasteiger partial charge in [-0.1, -0.05) is 0 Å². The molecule has 4 rings (SSSR count). The van der Waals surface area contributed by atoms with Gasteiger partial charge in [-0.05, 0) is 12.5 Å². The Bertz CT molecular complexity index is 746. The number of morpholine rings is 1. The molecule has 0 atom stereocenters. The lowest BCUT2D eigenvalue weighted by Gasteiger charge is -2.29. The van der Waals surface area contributed by atoms with Gasteiger partial charge >= 0.3 is 0 Å². The van der Waals surface area contributed by atoms with Crippen LogP contribution in [0.2, 0.25) is 0 Å². The molecule has 0 radical (unpaired) electrons. The van der Waals surface area contributed by atoms with Crippen molar-refractivity contribution in [1.82, 2.24) is 19.7 Å². The number of halogens is 1. The number of aliphatic hydroxyl groups is 1. The number of aliphatic hydroxyl groups excluding tert-OH is 1. The van der Waals surface area contributed by atoms with Crippen LogP contribution >= 0.6 is 0 Å².